The van der Waals surface area contributed by atoms with Crippen molar-refractivity contribution < 1.29 is 28.9 Å². The van der Waals surface area contributed by atoms with Crippen molar-refractivity contribution in [3.05, 3.63) is 30.2 Å². The lowest BCUT2D eigenvalue weighted by atomic mass is 10.2. The van der Waals surface area contributed by atoms with Crippen molar-refractivity contribution in [2.75, 3.05) is 41.4 Å². The van der Waals surface area contributed by atoms with Crippen molar-refractivity contribution in [1.29, 1.82) is 0 Å². The van der Waals surface area contributed by atoms with Crippen molar-refractivity contribution in [2.24, 2.45) is 0 Å². The molecule has 3 aliphatic heterocycles. The van der Waals surface area contributed by atoms with Crippen molar-refractivity contribution in [2.45, 2.75) is 38.2 Å². The third-order valence-electron chi connectivity index (χ3n) is 5.75. The molecule has 2 atom stereocenters. The van der Waals surface area contributed by atoms with E-state index in [1.807, 2.05) is 13.8 Å². The molecule has 2 bridgehead atoms. The minimum absolute atomic E-state index is 0.116. The fourth-order valence-electron chi connectivity index (χ4n) is 4.27. The zero-order valence-corrected chi connectivity index (χ0v) is 18.2. The number of anilines is 3. The Morgan fingerprint density at radius 1 is 1.33 bits per heavy atom. The number of carbonyl (C=O) groups is 2. The quantitative estimate of drug-likeness (QED) is 0.684. The van der Waals surface area contributed by atoms with E-state index in [1.54, 1.807) is 6.07 Å². The van der Waals surface area contributed by atoms with Crippen LogP contribution in [0.5, 0.6) is 5.88 Å². The number of pyridine rings is 1. The summed E-state index contributed by atoms with van der Waals surface area (Å²) in [4.78, 5) is 40.7. The molecule has 3 aliphatic rings. The van der Waals surface area contributed by atoms with E-state index in [0.717, 1.165) is 18.7 Å². The van der Waals surface area contributed by atoms with E-state index in [2.05, 4.69) is 25.2 Å². The minimum atomic E-state index is -1.15. The van der Waals surface area contributed by atoms with Gasteiger partial charge in [-0.2, -0.15) is 0 Å². The molecule has 0 spiro atoms. The van der Waals surface area contributed by atoms with Crippen LogP contribution >= 0.6 is 0 Å². The molecular formula is C21H24N6O6. The van der Waals surface area contributed by atoms with Crippen molar-refractivity contribution in [3.63, 3.8) is 0 Å². The van der Waals surface area contributed by atoms with Gasteiger partial charge in [-0.25, -0.2) is 24.5 Å². The van der Waals surface area contributed by atoms with Gasteiger partial charge in [0.25, 0.3) is 0 Å². The second-order valence-corrected chi connectivity index (χ2v) is 8.54. The topological polar surface area (TPSA) is 139 Å². The first-order valence-electron chi connectivity index (χ1n) is 10.7. The second kappa shape index (κ2) is 8.12. The zero-order chi connectivity index (χ0) is 23.2. The van der Waals surface area contributed by atoms with Gasteiger partial charge >= 0.3 is 12.0 Å². The fraction of sp³-hybridized carbons (Fsp3) is 0.476. The Kier molecular flexibility index (Phi) is 5.25. The first kappa shape index (κ1) is 21.3. The summed E-state index contributed by atoms with van der Waals surface area (Å²) in [6, 6.07) is 4.10. The van der Waals surface area contributed by atoms with E-state index in [1.165, 1.54) is 23.4 Å². The van der Waals surface area contributed by atoms with E-state index >= 15 is 0 Å². The van der Waals surface area contributed by atoms with Crippen LogP contribution in [0.3, 0.4) is 0 Å². The van der Waals surface area contributed by atoms with Crippen molar-refractivity contribution in [1.82, 2.24) is 15.0 Å². The van der Waals surface area contributed by atoms with Crippen LogP contribution in [0.2, 0.25) is 0 Å². The molecule has 12 nitrogen and oxygen atoms in total. The minimum Gasteiger partial charge on any atom is -0.477 e. The van der Waals surface area contributed by atoms with E-state index in [9.17, 15) is 14.7 Å². The van der Waals surface area contributed by atoms with Gasteiger partial charge in [0.1, 0.15) is 24.9 Å². The van der Waals surface area contributed by atoms with Crippen molar-refractivity contribution in [3.8, 4) is 5.88 Å². The smallest absolute Gasteiger partial charge is 0.354 e. The molecule has 2 N–H and O–H groups in total. The Bertz CT molecular complexity index is 1090. The van der Waals surface area contributed by atoms with Gasteiger partial charge in [0, 0.05) is 19.2 Å². The number of ether oxygens (including phenoxy) is 3. The number of urea groups is 1. The Balaban J connectivity index is 1.31. The number of nitrogens with zero attached hydrogens (tertiary/aromatic N) is 5. The van der Waals surface area contributed by atoms with Crippen LogP contribution in [-0.2, 0) is 9.47 Å². The molecule has 0 aromatic carbocycles. The highest BCUT2D eigenvalue weighted by Gasteiger charge is 2.40. The second-order valence-electron chi connectivity index (χ2n) is 8.54. The highest BCUT2D eigenvalue weighted by Crippen LogP contribution is 2.39. The van der Waals surface area contributed by atoms with Crippen LogP contribution in [0.25, 0.3) is 0 Å². The molecule has 0 unspecified atom stereocenters. The predicted molar refractivity (Wildman–Crippen MR) is 116 cm³/mol. The number of carboxylic acid groups (broad SMARTS) is 1. The summed E-state index contributed by atoms with van der Waals surface area (Å²) in [6.45, 7) is 5.76. The van der Waals surface area contributed by atoms with Gasteiger partial charge in [-0.3, -0.25) is 10.2 Å². The lowest BCUT2D eigenvalue weighted by Crippen LogP contribution is -2.48. The lowest BCUT2D eigenvalue weighted by Gasteiger charge is -2.35. The largest absolute Gasteiger partial charge is 0.477 e. The van der Waals surface area contributed by atoms with Gasteiger partial charge < -0.3 is 24.2 Å². The van der Waals surface area contributed by atoms with E-state index in [4.69, 9.17) is 14.2 Å². The number of carbonyl (C=O) groups excluding carboxylic acids is 1. The van der Waals surface area contributed by atoms with Crippen LogP contribution in [0, 0.1) is 0 Å². The normalized spacial score (nSPS) is 22.7. The third kappa shape index (κ3) is 4.26. The molecule has 2 aromatic rings. The third-order valence-corrected chi connectivity index (χ3v) is 5.75. The fourth-order valence-corrected chi connectivity index (χ4v) is 4.27. The number of hydrogen-bond donors (Lipinski definition) is 2. The summed E-state index contributed by atoms with van der Waals surface area (Å²) in [5, 5.41) is 12.1. The monoisotopic (exact) mass is 456 g/mol. The molecule has 33 heavy (non-hydrogen) atoms. The van der Waals surface area contributed by atoms with Crippen LogP contribution in [0.1, 0.15) is 30.8 Å². The molecule has 0 radical (unpaired) electrons. The maximum atomic E-state index is 13.2. The van der Waals surface area contributed by atoms with Gasteiger partial charge in [0.15, 0.2) is 17.3 Å². The zero-order valence-electron chi connectivity index (χ0n) is 18.2. The molecule has 174 valence electrons. The summed E-state index contributed by atoms with van der Waals surface area (Å²) in [7, 11) is 0. The Morgan fingerprint density at radius 2 is 2.18 bits per heavy atom. The number of amides is 2. The van der Waals surface area contributed by atoms with E-state index < -0.39 is 17.8 Å². The number of nitrogens with one attached hydrogen (secondary N) is 1. The first-order chi connectivity index (χ1) is 15.8. The van der Waals surface area contributed by atoms with Crippen LogP contribution in [-0.4, -0.2) is 76.3 Å². The molecule has 0 saturated carbocycles. The van der Waals surface area contributed by atoms with Crippen LogP contribution in [0.15, 0.2) is 24.5 Å². The van der Waals surface area contributed by atoms with E-state index in [-0.39, 0.29) is 36.1 Å². The van der Waals surface area contributed by atoms with Gasteiger partial charge in [-0.05, 0) is 32.4 Å². The van der Waals surface area contributed by atoms with Gasteiger partial charge in [-0.15, -0.1) is 0 Å². The van der Waals surface area contributed by atoms with E-state index in [0.29, 0.717) is 19.0 Å². The number of rotatable bonds is 5. The molecule has 12 heteroatoms. The maximum absolute atomic E-state index is 13.2. The highest BCUT2D eigenvalue weighted by molar-refractivity contribution is 6.04. The van der Waals surface area contributed by atoms with Gasteiger partial charge in [0.2, 0.25) is 5.88 Å². The molecule has 0 aliphatic carbocycles. The molecule has 2 aromatic heterocycles. The van der Waals surface area contributed by atoms with Gasteiger partial charge in [0.05, 0.1) is 18.3 Å². The molecular weight excluding hydrogens is 432 g/mol. The number of fused-ring (bicyclic) bond motifs is 4. The Morgan fingerprint density at radius 3 is 2.94 bits per heavy atom. The average molecular weight is 456 g/mol. The first-order valence-corrected chi connectivity index (χ1v) is 10.7. The highest BCUT2D eigenvalue weighted by atomic mass is 16.7. The molecule has 5 heterocycles. The lowest BCUT2D eigenvalue weighted by molar-refractivity contribution is -0.141. The molecule has 5 rings (SSSR count). The summed E-state index contributed by atoms with van der Waals surface area (Å²) >= 11 is 0. The van der Waals surface area contributed by atoms with Crippen molar-refractivity contribution >= 4 is 29.3 Å². The van der Waals surface area contributed by atoms with Crippen LogP contribution < -0.4 is 19.9 Å². The molecule has 2 amide bonds. The predicted octanol–water partition coefficient (Wildman–Crippen LogP) is 1.73. The number of aromatic carboxylic acids is 1. The maximum Gasteiger partial charge on any atom is 0.354 e. The molecule has 2 saturated heterocycles. The average Bonchev–Trinajstić information content (AvgIpc) is 3.35. The summed E-state index contributed by atoms with van der Waals surface area (Å²) < 4.78 is 16.9. The Hall–Kier alpha value is -3.51. The number of aromatic nitrogens is 3. The number of hydrogen-bond acceptors (Lipinski definition) is 9. The summed E-state index contributed by atoms with van der Waals surface area (Å²) in [5.74, 6) is -0.930. The molecule has 2 fully saturated rings. The number of carboxylic acids is 1. The summed E-state index contributed by atoms with van der Waals surface area (Å²) in [5.41, 5.74) is 0.616. The standard InChI is InChI=1S/C21H24N6O6/c1-21(2)32-10-13(33-21)9-31-17-7-16(22-11-23-17)25-20(30)27-12-5-6-26(8-12)15-4-3-14(19(28)29)24-18(15)27/h3-4,7,11-13H,5-6,8-10H2,1-2H3,(H,28,29)(H,22,23,25,30)/t12-,13+/m0/s1. The Labute approximate surface area is 189 Å². The summed E-state index contributed by atoms with van der Waals surface area (Å²) in [6.07, 6.45) is 1.82. The SMILES string of the molecule is CC1(C)OC[C@@H](COc2cc(NC(=O)N3c4nc(C(=O)O)ccc4N4CC[C@H]3C4)ncn2)O1. The van der Waals surface area contributed by atoms with Gasteiger partial charge in [-0.1, -0.05) is 0 Å². The van der Waals surface area contributed by atoms with Crippen LogP contribution in [0.4, 0.5) is 22.1 Å².